The number of hydrogen-bond donors (Lipinski definition) is 2. The van der Waals surface area contributed by atoms with Gasteiger partial charge in [-0.2, -0.15) is 0 Å². The van der Waals surface area contributed by atoms with Gasteiger partial charge in [-0.15, -0.1) is 0 Å². The van der Waals surface area contributed by atoms with Crippen LogP contribution in [0.15, 0.2) is 0 Å². The Morgan fingerprint density at radius 3 is 2.40 bits per heavy atom. The van der Waals surface area contributed by atoms with Crippen molar-refractivity contribution in [2.45, 2.75) is 56.6 Å². The van der Waals surface area contributed by atoms with Crippen LogP contribution in [0.25, 0.3) is 0 Å². The number of esters is 1. The zero-order valence-electron chi connectivity index (χ0n) is 14.2. The van der Waals surface area contributed by atoms with E-state index in [2.05, 4.69) is 5.32 Å². The molecule has 5 atom stereocenters. The van der Waals surface area contributed by atoms with Crippen molar-refractivity contribution in [2.24, 2.45) is 17.3 Å². The van der Waals surface area contributed by atoms with Gasteiger partial charge in [0.1, 0.15) is 0 Å². The Balaban J connectivity index is 1.33. The van der Waals surface area contributed by atoms with Gasteiger partial charge in [0.15, 0.2) is 16.4 Å². The lowest BCUT2D eigenvalue weighted by Gasteiger charge is -2.58. The normalized spacial score (nSPS) is 43.8. The molecule has 4 aliphatic carbocycles. The van der Waals surface area contributed by atoms with Crippen LogP contribution in [0.5, 0.6) is 0 Å². The molecule has 4 bridgehead atoms. The number of carbonyl (C=O) groups is 2. The van der Waals surface area contributed by atoms with Gasteiger partial charge in [0.2, 0.25) is 0 Å². The molecular formula is C17H25NO6S. The molecule has 5 aliphatic rings. The van der Waals surface area contributed by atoms with Crippen molar-refractivity contribution >= 4 is 21.7 Å². The fraction of sp³-hybridized carbons (Fsp3) is 0.882. The van der Waals surface area contributed by atoms with Gasteiger partial charge >= 0.3 is 5.97 Å². The standard InChI is InChI=1S/C17H25NO6S/c19-14(18-13-1-2-25(22,23)9-13)8-24-15(20)16-4-11-3-12(5-16)7-17(21,6-11)10-16/h11-13,21H,1-10H2,(H,18,19)/t11-,12+,13-,16?,17?/m0/s1. The molecule has 8 heteroatoms. The summed E-state index contributed by atoms with van der Waals surface area (Å²) in [6.07, 6.45) is 4.95. The highest BCUT2D eigenvalue weighted by Crippen LogP contribution is 2.61. The third kappa shape index (κ3) is 3.30. The van der Waals surface area contributed by atoms with Crippen LogP contribution in [0, 0.1) is 17.3 Å². The van der Waals surface area contributed by atoms with Crippen molar-refractivity contribution in [1.29, 1.82) is 0 Å². The smallest absolute Gasteiger partial charge is 0.312 e. The molecule has 5 fully saturated rings. The third-order valence-corrected chi connectivity index (χ3v) is 8.16. The van der Waals surface area contributed by atoms with Gasteiger partial charge in [0.05, 0.1) is 22.5 Å². The number of amides is 1. The molecule has 0 aromatic rings. The molecule has 2 unspecified atom stereocenters. The lowest BCUT2D eigenvalue weighted by Crippen LogP contribution is -2.58. The van der Waals surface area contributed by atoms with Crippen molar-refractivity contribution < 1.29 is 27.9 Å². The summed E-state index contributed by atoms with van der Waals surface area (Å²) in [6.45, 7) is -0.384. The second-order valence-electron chi connectivity index (χ2n) is 8.71. The minimum absolute atomic E-state index is 0.0486. The molecule has 5 rings (SSSR count). The number of nitrogens with one attached hydrogen (secondary N) is 1. The average molecular weight is 371 g/mol. The Kier molecular flexibility index (Phi) is 3.92. The number of rotatable bonds is 4. The first-order chi connectivity index (χ1) is 11.7. The van der Waals surface area contributed by atoms with Crippen molar-refractivity contribution in [3.63, 3.8) is 0 Å². The van der Waals surface area contributed by atoms with Crippen LogP contribution in [0.4, 0.5) is 0 Å². The summed E-state index contributed by atoms with van der Waals surface area (Å²) in [5.41, 5.74) is -1.39. The molecule has 1 heterocycles. The van der Waals surface area contributed by atoms with E-state index in [1.165, 1.54) is 0 Å². The van der Waals surface area contributed by atoms with Gasteiger partial charge in [-0.25, -0.2) is 8.42 Å². The molecule has 2 N–H and O–H groups in total. The molecule has 1 aliphatic heterocycles. The van der Waals surface area contributed by atoms with Crippen LogP contribution in [-0.4, -0.2) is 55.2 Å². The minimum Gasteiger partial charge on any atom is -0.455 e. The third-order valence-electron chi connectivity index (χ3n) is 6.40. The van der Waals surface area contributed by atoms with E-state index in [0.717, 1.165) is 32.1 Å². The van der Waals surface area contributed by atoms with Gasteiger partial charge in [-0.05, 0) is 56.8 Å². The van der Waals surface area contributed by atoms with Crippen molar-refractivity contribution in [3.8, 4) is 0 Å². The first-order valence-corrected chi connectivity index (χ1v) is 10.9. The summed E-state index contributed by atoms with van der Waals surface area (Å²) in [5, 5.41) is 13.3. The van der Waals surface area contributed by atoms with Crippen LogP contribution < -0.4 is 5.32 Å². The molecule has 25 heavy (non-hydrogen) atoms. The Bertz CT molecular complexity index is 688. The van der Waals surface area contributed by atoms with Gasteiger partial charge in [-0.1, -0.05) is 0 Å². The largest absolute Gasteiger partial charge is 0.455 e. The summed E-state index contributed by atoms with van der Waals surface area (Å²) in [4.78, 5) is 24.6. The van der Waals surface area contributed by atoms with Gasteiger partial charge < -0.3 is 15.2 Å². The fourth-order valence-electron chi connectivity index (χ4n) is 5.92. The number of ether oxygens (including phenoxy) is 1. The monoisotopic (exact) mass is 371 g/mol. The Labute approximate surface area is 147 Å². The summed E-state index contributed by atoms with van der Waals surface area (Å²) >= 11 is 0. The molecule has 140 valence electrons. The first-order valence-electron chi connectivity index (χ1n) is 9.06. The van der Waals surface area contributed by atoms with E-state index in [1.54, 1.807) is 0 Å². The predicted molar refractivity (Wildman–Crippen MR) is 88.2 cm³/mol. The predicted octanol–water partition coefficient (Wildman–Crippen LogP) is 0.164. The quantitative estimate of drug-likeness (QED) is 0.682. The average Bonchev–Trinajstić information content (AvgIpc) is 2.81. The highest BCUT2D eigenvalue weighted by molar-refractivity contribution is 7.91. The second-order valence-corrected chi connectivity index (χ2v) is 10.9. The highest BCUT2D eigenvalue weighted by atomic mass is 32.2. The molecule has 0 spiro atoms. The maximum atomic E-state index is 12.7. The zero-order chi connectivity index (χ0) is 17.9. The number of aliphatic hydroxyl groups is 1. The minimum atomic E-state index is -3.06. The van der Waals surface area contributed by atoms with Crippen LogP contribution >= 0.6 is 0 Å². The van der Waals surface area contributed by atoms with E-state index in [1.807, 2.05) is 0 Å². The maximum absolute atomic E-state index is 12.7. The van der Waals surface area contributed by atoms with E-state index >= 15 is 0 Å². The molecule has 1 saturated heterocycles. The van der Waals surface area contributed by atoms with Gasteiger partial charge in [0.25, 0.3) is 5.91 Å². The van der Waals surface area contributed by atoms with Gasteiger partial charge in [0, 0.05) is 6.04 Å². The van der Waals surface area contributed by atoms with Crippen molar-refractivity contribution in [2.75, 3.05) is 18.1 Å². The molecule has 7 nitrogen and oxygen atoms in total. The van der Waals surface area contributed by atoms with Crippen molar-refractivity contribution in [1.82, 2.24) is 5.32 Å². The summed E-state index contributed by atoms with van der Waals surface area (Å²) in [6, 6.07) is -0.392. The topological polar surface area (TPSA) is 110 Å². The zero-order valence-corrected chi connectivity index (χ0v) is 15.0. The van der Waals surface area contributed by atoms with E-state index in [4.69, 9.17) is 4.74 Å². The molecule has 0 aromatic carbocycles. The molecule has 1 amide bonds. The molecule has 0 aromatic heterocycles. The van der Waals surface area contributed by atoms with E-state index in [-0.39, 0.29) is 24.1 Å². The summed E-state index contributed by atoms with van der Waals surface area (Å²) in [5.74, 6) is -0.0596. The van der Waals surface area contributed by atoms with E-state index in [9.17, 15) is 23.1 Å². The van der Waals surface area contributed by atoms with Crippen LogP contribution in [0.1, 0.15) is 44.9 Å². The molecule has 4 saturated carbocycles. The SMILES string of the molecule is O=C(COC(=O)C12C[C@@H]3C[C@@H](CC(O)(C3)C1)C2)N[C@H]1CCS(=O)(=O)C1. The van der Waals surface area contributed by atoms with E-state index < -0.39 is 32.8 Å². The Hall–Kier alpha value is -1.15. The van der Waals surface area contributed by atoms with Crippen LogP contribution in [0.3, 0.4) is 0 Å². The van der Waals surface area contributed by atoms with E-state index in [0.29, 0.717) is 24.7 Å². The summed E-state index contributed by atoms with van der Waals surface area (Å²) < 4.78 is 28.1. The Morgan fingerprint density at radius 1 is 1.16 bits per heavy atom. The summed E-state index contributed by atoms with van der Waals surface area (Å²) in [7, 11) is -3.06. The Morgan fingerprint density at radius 2 is 1.84 bits per heavy atom. The number of hydrogen-bond acceptors (Lipinski definition) is 6. The maximum Gasteiger partial charge on any atom is 0.312 e. The van der Waals surface area contributed by atoms with Crippen molar-refractivity contribution in [3.05, 3.63) is 0 Å². The molecule has 0 radical (unpaired) electrons. The number of carbonyl (C=O) groups excluding carboxylic acids is 2. The second kappa shape index (κ2) is 5.67. The first kappa shape index (κ1) is 17.3. The van der Waals surface area contributed by atoms with Gasteiger partial charge in [-0.3, -0.25) is 9.59 Å². The lowest BCUT2D eigenvalue weighted by molar-refractivity contribution is -0.196. The van der Waals surface area contributed by atoms with Crippen LogP contribution in [0.2, 0.25) is 0 Å². The highest BCUT2D eigenvalue weighted by Gasteiger charge is 2.60. The molecular weight excluding hydrogens is 346 g/mol. The lowest BCUT2D eigenvalue weighted by atomic mass is 9.48. The fourth-order valence-corrected chi connectivity index (χ4v) is 7.59. The van der Waals surface area contributed by atoms with Crippen LogP contribution in [-0.2, 0) is 24.2 Å². The number of sulfone groups is 1.